The molecule has 0 spiro atoms. The van der Waals surface area contributed by atoms with Gasteiger partial charge in [0.1, 0.15) is 5.75 Å². The van der Waals surface area contributed by atoms with Crippen LogP contribution in [0, 0.1) is 16.0 Å². The number of hydrogen-bond donors (Lipinski definition) is 0. The highest BCUT2D eigenvalue weighted by Crippen LogP contribution is 2.55. The number of phosphoric ester groups is 1. The van der Waals surface area contributed by atoms with Gasteiger partial charge in [-0.2, -0.15) is 0 Å². The molecule has 1 unspecified atom stereocenters. The third-order valence-corrected chi connectivity index (χ3v) is 6.43. The summed E-state index contributed by atoms with van der Waals surface area (Å²) in [5.74, 6) is 0.388. The Labute approximate surface area is 162 Å². The molecule has 0 saturated carbocycles. The van der Waals surface area contributed by atoms with Crippen LogP contribution >= 0.6 is 7.82 Å². The Bertz CT molecular complexity index is 876. The molecule has 2 heterocycles. The molecule has 8 nitrogen and oxygen atoms in total. The number of nitro groups is 1. The van der Waals surface area contributed by atoms with E-state index in [1.54, 1.807) is 0 Å². The van der Waals surface area contributed by atoms with Crippen molar-refractivity contribution in [1.29, 1.82) is 0 Å². The highest BCUT2D eigenvalue weighted by atomic mass is 31.2. The Morgan fingerprint density at radius 2 is 1.93 bits per heavy atom. The summed E-state index contributed by atoms with van der Waals surface area (Å²) in [4.78, 5) is 12.5. The number of likely N-dealkylation sites (tertiary alicyclic amines) is 1. The minimum Gasteiger partial charge on any atom is -0.404 e. The van der Waals surface area contributed by atoms with E-state index in [4.69, 9.17) is 13.6 Å². The van der Waals surface area contributed by atoms with Crippen LogP contribution in [0.25, 0.3) is 0 Å². The molecule has 0 radical (unpaired) electrons. The van der Waals surface area contributed by atoms with Crippen molar-refractivity contribution < 1.29 is 23.1 Å². The zero-order valence-electron chi connectivity index (χ0n) is 15.2. The van der Waals surface area contributed by atoms with Crippen molar-refractivity contribution in [3.05, 3.63) is 70.3 Å². The molecule has 28 heavy (non-hydrogen) atoms. The van der Waals surface area contributed by atoms with Crippen LogP contribution in [0.1, 0.15) is 12.0 Å². The predicted molar refractivity (Wildman–Crippen MR) is 102 cm³/mol. The van der Waals surface area contributed by atoms with Crippen molar-refractivity contribution in [2.75, 3.05) is 19.7 Å². The first-order valence-corrected chi connectivity index (χ1v) is 10.6. The molecule has 2 aliphatic heterocycles. The van der Waals surface area contributed by atoms with Gasteiger partial charge in [-0.3, -0.25) is 24.1 Å². The molecule has 9 heteroatoms. The minimum atomic E-state index is -3.77. The van der Waals surface area contributed by atoms with Gasteiger partial charge in [-0.1, -0.05) is 30.3 Å². The van der Waals surface area contributed by atoms with Gasteiger partial charge in [0.25, 0.3) is 5.69 Å². The molecule has 0 aliphatic carbocycles. The summed E-state index contributed by atoms with van der Waals surface area (Å²) in [5.41, 5.74) is 1.15. The van der Waals surface area contributed by atoms with Gasteiger partial charge in [0.2, 0.25) is 0 Å². The fraction of sp³-hybridized carbons (Fsp3) is 0.368. The fourth-order valence-corrected chi connectivity index (χ4v) is 4.99. The molecule has 0 bridgehead atoms. The Kier molecular flexibility index (Phi) is 5.46. The highest BCUT2D eigenvalue weighted by Gasteiger charge is 2.44. The first-order valence-electron chi connectivity index (χ1n) is 9.14. The number of benzene rings is 2. The number of phosphoric acid groups is 1. The lowest BCUT2D eigenvalue weighted by Gasteiger charge is -2.42. The Balaban J connectivity index is 1.39. The highest BCUT2D eigenvalue weighted by molar-refractivity contribution is 7.49. The van der Waals surface area contributed by atoms with E-state index in [9.17, 15) is 14.7 Å². The van der Waals surface area contributed by atoms with Crippen molar-refractivity contribution >= 4 is 13.5 Å². The van der Waals surface area contributed by atoms with Crippen LogP contribution in [0.3, 0.4) is 0 Å². The molecule has 4 rings (SSSR count). The van der Waals surface area contributed by atoms with Gasteiger partial charge in [0, 0.05) is 31.1 Å². The SMILES string of the molecule is O=[N+]([O-])c1ccc(OP2(=O)OC[C@@H]3CCN(Cc4ccccc4)C[C@@H]3O2)cc1. The topological polar surface area (TPSA) is 91.1 Å². The first kappa shape index (κ1) is 19.1. The second kappa shape index (κ2) is 8.01. The van der Waals surface area contributed by atoms with E-state index in [0.29, 0.717) is 13.2 Å². The number of non-ortho nitro benzene ring substituents is 1. The molecule has 2 aromatic carbocycles. The van der Waals surface area contributed by atoms with Crippen LogP contribution in [-0.4, -0.2) is 35.6 Å². The molecule has 2 aliphatic rings. The monoisotopic (exact) mass is 404 g/mol. The molecule has 3 atom stereocenters. The number of rotatable bonds is 5. The molecular weight excluding hydrogens is 383 g/mol. The maximum Gasteiger partial charge on any atom is 0.530 e. The molecule has 2 fully saturated rings. The Morgan fingerprint density at radius 1 is 1.18 bits per heavy atom. The van der Waals surface area contributed by atoms with Gasteiger partial charge in [-0.25, -0.2) is 4.57 Å². The summed E-state index contributed by atoms with van der Waals surface area (Å²) in [6.45, 7) is 2.70. The van der Waals surface area contributed by atoms with E-state index >= 15 is 0 Å². The van der Waals surface area contributed by atoms with Crippen LogP contribution < -0.4 is 4.52 Å². The molecule has 148 valence electrons. The number of fused-ring (bicyclic) bond motifs is 1. The minimum absolute atomic E-state index is 0.0694. The third kappa shape index (κ3) is 4.42. The lowest BCUT2D eigenvalue weighted by Crippen LogP contribution is -2.48. The van der Waals surface area contributed by atoms with Crippen molar-refractivity contribution in [2.45, 2.75) is 19.1 Å². The Morgan fingerprint density at radius 3 is 2.64 bits per heavy atom. The molecule has 2 saturated heterocycles. The number of nitro benzene ring substituents is 1. The standard InChI is InChI=1S/C19H21N2O6P/c22-21(23)17-6-8-18(9-7-17)26-28(24)25-14-16-10-11-20(13-19(16)27-28)12-15-4-2-1-3-5-15/h1-9,16,19H,10-14H2/t16-,19-,28?/m0/s1. The molecule has 2 aromatic rings. The van der Waals surface area contributed by atoms with Gasteiger partial charge in [0.15, 0.2) is 0 Å². The van der Waals surface area contributed by atoms with Crippen molar-refractivity contribution in [3.63, 3.8) is 0 Å². The molecule has 0 amide bonds. The van der Waals surface area contributed by atoms with E-state index < -0.39 is 12.7 Å². The second-order valence-corrected chi connectivity index (χ2v) is 8.54. The summed E-state index contributed by atoms with van der Waals surface area (Å²) < 4.78 is 29.6. The quantitative estimate of drug-likeness (QED) is 0.422. The summed E-state index contributed by atoms with van der Waals surface area (Å²) in [5, 5.41) is 10.7. The largest absolute Gasteiger partial charge is 0.530 e. The van der Waals surface area contributed by atoms with Crippen LogP contribution in [0.4, 0.5) is 5.69 Å². The second-order valence-electron chi connectivity index (χ2n) is 7.00. The third-order valence-electron chi connectivity index (χ3n) is 5.01. The zero-order valence-corrected chi connectivity index (χ0v) is 16.1. The van der Waals surface area contributed by atoms with E-state index in [1.165, 1.54) is 29.8 Å². The average molecular weight is 404 g/mol. The van der Waals surface area contributed by atoms with E-state index in [2.05, 4.69) is 17.0 Å². The molecular formula is C19H21N2O6P. The van der Waals surface area contributed by atoms with Gasteiger partial charge < -0.3 is 4.52 Å². The van der Waals surface area contributed by atoms with Crippen LogP contribution in [0.2, 0.25) is 0 Å². The fourth-order valence-electron chi connectivity index (χ4n) is 3.51. The summed E-state index contributed by atoms with van der Waals surface area (Å²) in [7, 11) is -3.77. The predicted octanol–water partition coefficient (Wildman–Crippen LogP) is 4.02. The Hall–Kier alpha value is -2.25. The zero-order chi connectivity index (χ0) is 19.6. The van der Waals surface area contributed by atoms with E-state index in [0.717, 1.165) is 19.5 Å². The molecule has 0 aromatic heterocycles. The van der Waals surface area contributed by atoms with E-state index in [-0.39, 0.29) is 23.5 Å². The van der Waals surface area contributed by atoms with Crippen molar-refractivity contribution in [3.8, 4) is 5.75 Å². The summed E-state index contributed by atoms with van der Waals surface area (Å²) in [6, 6.07) is 15.5. The first-order chi connectivity index (χ1) is 13.5. The maximum absolute atomic E-state index is 12.9. The maximum atomic E-state index is 12.9. The number of nitrogens with zero attached hydrogens (tertiary/aromatic N) is 2. The lowest BCUT2D eigenvalue weighted by molar-refractivity contribution is -0.384. The average Bonchev–Trinajstić information content (AvgIpc) is 2.68. The summed E-state index contributed by atoms with van der Waals surface area (Å²) >= 11 is 0. The molecule has 0 N–H and O–H groups in total. The summed E-state index contributed by atoms with van der Waals surface area (Å²) in [6.07, 6.45) is 0.657. The smallest absolute Gasteiger partial charge is 0.404 e. The van der Waals surface area contributed by atoms with Crippen molar-refractivity contribution in [1.82, 2.24) is 4.90 Å². The lowest BCUT2D eigenvalue weighted by atomic mass is 9.94. The van der Waals surface area contributed by atoms with Crippen LogP contribution in [0.15, 0.2) is 54.6 Å². The van der Waals surface area contributed by atoms with Gasteiger partial charge in [-0.15, -0.1) is 0 Å². The number of piperidine rings is 1. The van der Waals surface area contributed by atoms with Crippen LogP contribution in [-0.2, 0) is 20.2 Å². The van der Waals surface area contributed by atoms with Gasteiger partial charge in [0.05, 0.1) is 17.6 Å². The van der Waals surface area contributed by atoms with Crippen LogP contribution in [0.5, 0.6) is 5.75 Å². The van der Waals surface area contributed by atoms with E-state index in [1.807, 2.05) is 18.2 Å². The number of hydrogen-bond acceptors (Lipinski definition) is 7. The van der Waals surface area contributed by atoms with Gasteiger partial charge in [-0.05, 0) is 30.7 Å². The van der Waals surface area contributed by atoms with Crippen molar-refractivity contribution in [2.24, 2.45) is 5.92 Å². The van der Waals surface area contributed by atoms with Gasteiger partial charge >= 0.3 is 7.82 Å². The normalized spacial score (nSPS) is 27.7.